The van der Waals surface area contributed by atoms with Gasteiger partial charge in [-0.1, -0.05) is 29.8 Å². The number of nitrogens with zero attached hydrogens (tertiary/aromatic N) is 2. The molecule has 0 radical (unpaired) electrons. The van der Waals surface area contributed by atoms with Crippen LogP contribution in [0.3, 0.4) is 0 Å². The quantitative estimate of drug-likeness (QED) is 0.839. The number of nitrogens with two attached hydrogens (primary N) is 1. The molecular weight excluding hydrogens is 288 g/mol. The second-order valence-corrected chi connectivity index (χ2v) is 6.70. The zero-order valence-electron chi connectivity index (χ0n) is 12.2. The molecule has 0 spiro atoms. The molecule has 0 bridgehead atoms. The van der Waals surface area contributed by atoms with E-state index in [4.69, 9.17) is 5.73 Å². The smallest absolute Gasteiger partial charge is 0.244 e. The maximum absolute atomic E-state index is 12.3. The first kappa shape index (κ1) is 15.7. The van der Waals surface area contributed by atoms with Gasteiger partial charge in [0.1, 0.15) is 4.90 Å². The zero-order valence-corrected chi connectivity index (χ0v) is 13.0. The Balaban J connectivity index is 2.14. The van der Waals surface area contributed by atoms with Crippen molar-refractivity contribution < 1.29 is 8.42 Å². The van der Waals surface area contributed by atoms with E-state index in [1.807, 2.05) is 38.1 Å². The minimum atomic E-state index is -3.59. The largest absolute Gasteiger partial charge is 0.329 e. The molecule has 0 aliphatic heterocycles. The topological polar surface area (TPSA) is 90.0 Å². The summed E-state index contributed by atoms with van der Waals surface area (Å²) in [5.74, 6) is 0. The lowest BCUT2D eigenvalue weighted by Gasteiger charge is -2.14. The fraction of sp³-hybridized carbons (Fsp3) is 0.357. The highest BCUT2D eigenvalue weighted by molar-refractivity contribution is 7.89. The van der Waals surface area contributed by atoms with Gasteiger partial charge in [0.2, 0.25) is 10.0 Å². The summed E-state index contributed by atoms with van der Waals surface area (Å²) in [5.41, 5.74) is 7.47. The van der Waals surface area contributed by atoms with Gasteiger partial charge in [-0.15, -0.1) is 0 Å². The van der Waals surface area contributed by atoms with E-state index in [-0.39, 0.29) is 10.9 Å². The summed E-state index contributed by atoms with van der Waals surface area (Å²) in [7, 11) is -3.59. The maximum Gasteiger partial charge on any atom is 0.244 e. The maximum atomic E-state index is 12.3. The van der Waals surface area contributed by atoms with Gasteiger partial charge in [-0.05, 0) is 19.4 Å². The van der Waals surface area contributed by atoms with Crippen LogP contribution in [-0.2, 0) is 16.6 Å². The molecule has 1 heterocycles. The lowest BCUT2D eigenvalue weighted by Crippen LogP contribution is -2.26. The summed E-state index contributed by atoms with van der Waals surface area (Å²) < 4.78 is 28.8. The Kier molecular flexibility index (Phi) is 4.76. The molecule has 21 heavy (non-hydrogen) atoms. The third-order valence-corrected chi connectivity index (χ3v) is 4.68. The van der Waals surface area contributed by atoms with Crippen molar-refractivity contribution in [3.63, 3.8) is 0 Å². The minimum absolute atomic E-state index is 0.148. The Morgan fingerprint density at radius 3 is 2.62 bits per heavy atom. The Morgan fingerprint density at radius 2 is 2.00 bits per heavy atom. The van der Waals surface area contributed by atoms with E-state index in [9.17, 15) is 8.42 Å². The van der Waals surface area contributed by atoms with Crippen LogP contribution in [0.4, 0.5) is 0 Å². The van der Waals surface area contributed by atoms with Crippen molar-refractivity contribution in [3.8, 4) is 0 Å². The van der Waals surface area contributed by atoms with Crippen molar-refractivity contribution >= 4 is 10.0 Å². The molecular formula is C14H20N4O2S. The molecule has 1 atom stereocenters. The lowest BCUT2D eigenvalue weighted by molar-refractivity contribution is 0.566. The summed E-state index contributed by atoms with van der Waals surface area (Å²) in [4.78, 5) is 0.148. The normalized spacial score (nSPS) is 13.3. The first-order valence-corrected chi connectivity index (χ1v) is 8.22. The predicted octanol–water partition coefficient (Wildman–Crippen LogP) is 1.19. The molecule has 0 aliphatic carbocycles. The molecule has 6 nitrogen and oxygen atoms in total. The second kappa shape index (κ2) is 6.38. The average molecular weight is 308 g/mol. The van der Waals surface area contributed by atoms with Gasteiger partial charge in [0, 0.05) is 18.8 Å². The van der Waals surface area contributed by atoms with E-state index in [1.165, 1.54) is 17.1 Å². The van der Waals surface area contributed by atoms with Gasteiger partial charge >= 0.3 is 0 Å². The molecule has 3 N–H and O–H groups in total. The van der Waals surface area contributed by atoms with Crippen molar-refractivity contribution in [1.82, 2.24) is 14.5 Å². The predicted molar refractivity (Wildman–Crippen MR) is 81.2 cm³/mol. The molecule has 2 aromatic rings. The number of hydrogen-bond donors (Lipinski definition) is 2. The molecule has 1 unspecified atom stereocenters. The van der Waals surface area contributed by atoms with Gasteiger partial charge in [0.15, 0.2) is 0 Å². The van der Waals surface area contributed by atoms with Gasteiger partial charge in [-0.25, -0.2) is 13.1 Å². The molecule has 1 aromatic carbocycles. The molecule has 0 saturated carbocycles. The number of aryl methyl sites for hydroxylation is 1. The van der Waals surface area contributed by atoms with Crippen molar-refractivity contribution in [3.05, 3.63) is 47.8 Å². The molecule has 0 saturated heterocycles. The number of aromatic nitrogens is 2. The van der Waals surface area contributed by atoms with Gasteiger partial charge < -0.3 is 5.73 Å². The Labute approximate surface area is 125 Å². The summed E-state index contributed by atoms with van der Waals surface area (Å²) in [6, 6.07) is 7.44. The summed E-state index contributed by atoms with van der Waals surface area (Å²) >= 11 is 0. The van der Waals surface area contributed by atoms with E-state index in [2.05, 4.69) is 9.82 Å². The third-order valence-electron chi connectivity index (χ3n) is 3.19. The number of hydrogen-bond acceptors (Lipinski definition) is 4. The van der Waals surface area contributed by atoms with E-state index in [0.717, 1.165) is 11.1 Å². The second-order valence-electron chi connectivity index (χ2n) is 4.98. The molecule has 0 aliphatic rings. The van der Waals surface area contributed by atoms with Crippen LogP contribution in [-0.4, -0.2) is 24.7 Å². The monoisotopic (exact) mass is 308 g/mol. The van der Waals surface area contributed by atoms with Gasteiger partial charge in [0.05, 0.1) is 12.7 Å². The van der Waals surface area contributed by atoms with Crippen LogP contribution in [0.5, 0.6) is 0 Å². The van der Waals surface area contributed by atoms with Gasteiger partial charge in [-0.3, -0.25) is 4.68 Å². The first-order chi connectivity index (χ1) is 9.92. The molecule has 0 amide bonds. The molecule has 0 fully saturated rings. The van der Waals surface area contributed by atoms with Crippen LogP contribution in [0.25, 0.3) is 0 Å². The third kappa shape index (κ3) is 3.90. The highest BCUT2D eigenvalue weighted by Crippen LogP contribution is 2.17. The van der Waals surface area contributed by atoms with Gasteiger partial charge in [-0.2, -0.15) is 5.10 Å². The first-order valence-electron chi connectivity index (χ1n) is 6.74. The lowest BCUT2D eigenvalue weighted by atomic mass is 10.1. The Bertz CT molecular complexity index is 692. The molecule has 114 valence electrons. The van der Waals surface area contributed by atoms with Crippen molar-refractivity contribution in [1.29, 1.82) is 0 Å². The fourth-order valence-corrected chi connectivity index (χ4v) is 3.15. The van der Waals surface area contributed by atoms with Crippen molar-refractivity contribution in [2.45, 2.75) is 31.3 Å². The van der Waals surface area contributed by atoms with E-state index in [1.54, 1.807) is 0 Å². The molecule has 7 heteroatoms. The molecule has 1 aromatic heterocycles. The van der Waals surface area contributed by atoms with E-state index < -0.39 is 10.0 Å². The SMILES string of the molecule is Cc1ccc(C(C)NS(=O)(=O)c2cnn(CCN)c2)cc1. The average Bonchev–Trinajstić information content (AvgIpc) is 2.89. The summed E-state index contributed by atoms with van der Waals surface area (Å²) in [5, 5.41) is 3.98. The highest BCUT2D eigenvalue weighted by Gasteiger charge is 2.20. The fourth-order valence-electron chi connectivity index (χ4n) is 1.96. The van der Waals surface area contributed by atoms with Crippen molar-refractivity contribution in [2.75, 3.05) is 6.54 Å². The van der Waals surface area contributed by atoms with Gasteiger partial charge in [0.25, 0.3) is 0 Å². The standard InChI is InChI=1S/C14H20N4O2S/c1-11-3-5-13(6-4-11)12(2)17-21(19,20)14-9-16-18(10-14)8-7-15/h3-6,9-10,12,17H,7-8,15H2,1-2H3. The van der Waals surface area contributed by atoms with E-state index >= 15 is 0 Å². The van der Waals surface area contributed by atoms with Crippen LogP contribution in [0.1, 0.15) is 24.1 Å². The van der Waals surface area contributed by atoms with Crippen LogP contribution in [0.2, 0.25) is 0 Å². The number of benzene rings is 1. The summed E-state index contributed by atoms with van der Waals surface area (Å²) in [6.07, 6.45) is 2.82. The van der Waals surface area contributed by atoms with Crippen LogP contribution in [0, 0.1) is 6.92 Å². The summed E-state index contributed by atoms with van der Waals surface area (Å²) in [6.45, 7) is 4.70. The Morgan fingerprint density at radius 1 is 1.33 bits per heavy atom. The number of rotatable bonds is 6. The minimum Gasteiger partial charge on any atom is -0.329 e. The van der Waals surface area contributed by atoms with Crippen molar-refractivity contribution in [2.24, 2.45) is 5.73 Å². The number of nitrogens with one attached hydrogen (secondary N) is 1. The molecule has 2 rings (SSSR count). The Hall–Kier alpha value is -1.70. The number of sulfonamides is 1. The zero-order chi connectivity index (χ0) is 15.5. The van der Waals surface area contributed by atoms with E-state index in [0.29, 0.717) is 13.1 Å². The van der Waals surface area contributed by atoms with Crippen LogP contribution < -0.4 is 10.5 Å². The highest BCUT2D eigenvalue weighted by atomic mass is 32.2. The van der Waals surface area contributed by atoms with Crippen LogP contribution in [0.15, 0.2) is 41.6 Å². The van der Waals surface area contributed by atoms with Crippen LogP contribution >= 0.6 is 0 Å².